The number of H-pyrrole nitrogens is 1. The minimum Gasteiger partial charge on any atom is -0.443 e. The molecule has 2 aromatic rings. The van der Waals surface area contributed by atoms with Gasteiger partial charge in [0.15, 0.2) is 0 Å². The molecule has 0 atom stereocenters. The summed E-state index contributed by atoms with van der Waals surface area (Å²) in [6.07, 6.45) is 3.07. The zero-order valence-electron chi connectivity index (χ0n) is 7.10. The molecule has 2 aromatic heterocycles. The predicted molar refractivity (Wildman–Crippen MR) is 52.8 cm³/mol. The number of nitrogens with zero attached hydrogens (tertiary/aromatic N) is 3. The van der Waals surface area contributed by atoms with Crippen molar-refractivity contribution in [1.29, 1.82) is 0 Å². The molecular formula is C8H6N4OS. The first-order valence-corrected chi connectivity index (χ1v) is 4.29. The average molecular weight is 206 g/mol. The molecule has 0 aliphatic rings. The Balaban J connectivity index is 2.22. The summed E-state index contributed by atoms with van der Waals surface area (Å²) in [4.78, 5) is 7.74. The van der Waals surface area contributed by atoms with Crippen molar-refractivity contribution in [2.45, 2.75) is 6.54 Å². The fourth-order valence-corrected chi connectivity index (χ4v) is 1.08. The monoisotopic (exact) mass is 206 g/mol. The maximum atomic E-state index is 5.08. The molecule has 2 heterocycles. The van der Waals surface area contributed by atoms with Gasteiger partial charge < -0.3 is 4.42 Å². The van der Waals surface area contributed by atoms with E-state index in [9.17, 15) is 0 Å². The third kappa shape index (κ3) is 1.76. The van der Waals surface area contributed by atoms with Crippen molar-refractivity contribution in [3.05, 3.63) is 24.2 Å². The molecule has 0 radical (unpaired) electrons. The molecule has 1 N–H and O–H groups in total. The van der Waals surface area contributed by atoms with Crippen LogP contribution in [0.15, 0.2) is 27.9 Å². The zero-order valence-corrected chi connectivity index (χ0v) is 7.91. The minimum absolute atomic E-state index is 0.442. The van der Waals surface area contributed by atoms with Gasteiger partial charge in [-0.2, -0.15) is 5.10 Å². The second kappa shape index (κ2) is 3.95. The molecule has 5 nitrogen and oxygen atoms in total. The first-order valence-electron chi connectivity index (χ1n) is 3.88. The fraction of sp³-hybridized carbons (Fsp3) is 0.125. The average Bonchev–Trinajstić information content (AvgIpc) is 2.85. The van der Waals surface area contributed by atoms with E-state index in [-0.39, 0.29) is 0 Å². The van der Waals surface area contributed by atoms with Gasteiger partial charge in [0.05, 0.1) is 23.6 Å². The van der Waals surface area contributed by atoms with Crippen molar-refractivity contribution in [3.8, 4) is 11.6 Å². The van der Waals surface area contributed by atoms with E-state index in [1.807, 2.05) is 6.07 Å². The molecule has 0 bridgehead atoms. The van der Waals surface area contributed by atoms with Crippen LogP contribution < -0.4 is 0 Å². The van der Waals surface area contributed by atoms with Crippen LogP contribution in [0.25, 0.3) is 11.6 Å². The quantitative estimate of drug-likeness (QED) is 0.612. The lowest BCUT2D eigenvalue weighted by Crippen LogP contribution is -1.78. The lowest BCUT2D eigenvalue weighted by molar-refractivity contribution is 0.572. The van der Waals surface area contributed by atoms with Crippen LogP contribution >= 0.6 is 12.2 Å². The Kier molecular flexibility index (Phi) is 2.48. The number of hydrogen-bond acceptors (Lipinski definition) is 5. The van der Waals surface area contributed by atoms with Crippen molar-refractivity contribution in [1.82, 2.24) is 15.2 Å². The molecule has 14 heavy (non-hydrogen) atoms. The van der Waals surface area contributed by atoms with Gasteiger partial charge in [-0.1, -0.05) is 0 Å². The van der Waals surface area contributed by atoms with Crippen LogP contribution in [0.2, 0.25) is 0 Å². The van der Waals surface area contributed by atoms with Gasteiger partial charge in [0.1, 0.15) is 12.0 Å². The Morgan fingerprint density at radius 2 is 2.57 bits per heavy atom. The van der Waals surface area contributed by atoms with Gasteiger partial charge in [-0.25, -0.2) is 9.98 Å². The molecule has 0 spiro atoms. The van der Waals surface area contributed by atoms with Crippen molar-refractivity contribution in [2.24, 2.45) is 4.99 Å². The van der Waals surface area contributed by atoms with E-state index in [4.69, 9.17) is 4.42 Å². The maximum Gasteiger partial charge on any atom is 0.246 e. The number of aromatic nitrogens is 3. The van der Waals surface area contributed by atoms with Gasteiger partial charge >= 0.3 is 0 Å². The molecule has 0 aliphatic heterocycles. The molecule has 0 amide bonds. The SMILES string of the molecule is S=C=NCc1cc(-c2ncco2)n[nH]1. The summed E-state index contributed by atoms with van der Waals surface area (Å²) in [6, 6.07) is 1.81. The number of nitrogens with one attached hydrogen (secondary N) is 1. The van der Waals surface area contributed by atoms with Crippen LogP contribution in [0.1, 0.15) is 5.69 Å². The standard InChI is InChI=1S/C8H6N4OS/c14-5-9-4-6-3-7(12-11-6)8-10-1-2-13-8/h1-3H,4H2,(H,11,12). The van der Waals surface area contributed by atoms with Gasteiger partial charge in [-0.15, -0.1) is 0 Å². The van der Waals surface area contributed by atoms with Crippen LogP contribution in [0.3, 0.4) is 0 Å². The van der Waals surface area contributed by atoms with Crippen LogP contribution in [0.5, 0.6) is 0 Å². The molecule has 0 aliphatic carbocycles. The first kappa shape index (κ1) is 8.80. The molecule has 70 valence electrons. The van der Waals surface area contributed by atoms with E-state index in [1.165, 1.54) is 6.26 Å². The molecule has 0 saturated heterocycles. The van der Waals surface area contributed by atoms with E-state index >= 15 is 0 Å². The zero-order chi connectivity index (χ0) is 9.80. The fourth-order valence-electron chi connectivity index (χ4n) is 1.02. The van der Waals surface area contributed by atoms with Crippen molar-refractivity contribution in [3.63, 3.8) is 0 Å². The van der Waals surface area contributed by atoms with Gasteiger partial charge in [0.2, 0.25) is 5.89 Å². The van der Waals surface area contributed by atoms with Gasteiger partial charge in [0, 0.05) is 0 Å². The number of aromatic amines is 1. The molecule has 6 heteroatoms. The lowest BCUT2D eigenvalue weighted by Gasteiger charge is -1.83. The highest BCUT2D eigenvalue weighted by molar-refractivity contribution is 7.78. The van der Waals surface area contributed by atoms with Gasteiger partial charge in [0.25, 0.3) is 0 Å². The summed E-state index contributed by atoms with van der Waals surface area (Å²) >= 11 is 4.46. The number of oxazole rings is 1. The molecule has 0 fully saturated rings. The number of hydrogen-bond donors (Lipinski definition) is 1. The third-order valence-corrected chi connectivity index (χ3v) is 1.73. The summed E-state index contributed by atoms with van der Waals surface area (Å²) in [7, 11) is 0. The number of aliphatic imine (C=N–C) groups is 1. The summed E-state index contributed by atoms with van der Waals surface area (Å²) in [6.45, 7) is 0.442. The summed E-state index contributed by atoms with van der Waals surface area (Å²) in [5, 5.41) is 9.09. The maximum absolute atomic E-state index is 5.08. The first-order chi connectivity index (χ1) is 6.90. The van der Waals surface area contributed by atoms with E-state index in [1.54, 1.807) is 6.20 Å². The van der Waals surface area contributed by atoms with Crippen molar-refractivity contribution in [2.75, 3.05) is 0 Å². The topological polar surface area (TPSA) is 67.1 Å². The van der Waals surface area contributed by atoms with Crippen molar-refractivity contribution < 1.29 is 4.42 Å². The summed E-state index contributed by atoms with van der Waals surface area (Å²) < 4.78 is 5.08. The Labute approximate surface area is 84.9 Å². The van der Waals surface area contributed by atoms with Gasteiger partial charge in [-0.3, -0.25) is 5.10 Å². The highest BCUT2D eigenvalue weighted by atomic mass is 32.1. The lowest BCUT2D eigenvalue weighted by atomic mass is 10.3. The van der Waals surface area contributed by atoms with Crippen LogP contribution in [0, 0.1) is 0 Å². The molecule has 0 saturated carbocycles. The number of isothiocyanates is 1. The van der Waals surface area contributed by atoms with Crippen LogP contribution in [0.4, 0.5) is 0 Å². The smallest absolute Gasteiger partial charge is 0.246 e. The van der Waals surface area contributed by atoms with E-state index in [0.717, 1.165) is 5.69 Å². The van der Waals surface area contributed by atoms with E-state index < -0.39 is 0 Å². The van der Waals surface area contributed by atoms with Crippen molar-refractivity contribution >= 4 is 17.4 Å². The number of rotatable bonds is 3. The largest absolute Gasteiger partial charge is 0.443 e. The second-order valence-electron chi connectivity index (χ2n) is 2.52. The summed E-state index contributed by atoms with van der Waals surface area (Å²) in [5.74, 6) is 0.485. The minimum atomic E-state index is 0.442. The predicted octanol–water partition coefficient (Wildman–Crippen LogP) is 1.67. The van der Waals surface area contributed by atoms with Gasteiger partial charge in [-0.05, 0) is 18.3 Å². The Morgan fingerprint density at radius 3 is 3.29 bits per heavy atom. The Bertz CT molecular complexity index is 455. The highest BCUT2D eigenvalue weighted by Crippen LogP contribution is 2.14. The summed E-state index contributed by atoms with van der Waals surface area (Å²) in [5.41, 5.74) is 1.50. The third-order valence-electron chi connectivity index (χ3n) is 1.60. The second-order valence-corrected chi connectivity index (χ2v) is 2.71. The van der Waals surface area contributed by atoms with E-state index in [2.05, 4.69) is 37.6 Å². The molecular weight excluding hydrogens is 200 g/mol. The number of thiocarbonyl (C=S) groups is 1. The normalized spacial score (nSPS) is 9.71. The molecule has 0 unspecified atom stereocenters. The van der Waals surface area contributed by atoms with Crippen LogP contribution in [-0.2, 0) is 6.54 Å². The van der Waals surface area contributed by atoms with Crippen LogP contribution in [-0.4, -0.2) is 20.3 Å². The Hall–Kier alpha value is -1.78. The Morgan fingerprint density at radius 1 is 1.64 bits per heavy atom. The van der Waals surface area contributed by atoms with E-state index in [0.29, 0.717) is 18.1 Å². The molecule has 2 rings (SSSR count). The highest BCUT2D eigenvalue weighted by Gasteiger charge is 2.06. The molecule has 0 aromatic carbocycles.